The van der Waals surface area contributed by atoms with E-state index >= 15 is 0 Å². The van der Waals surface area contributed by atoms with Crippen molar-refractivity contribution < 1.29 is 4.79 Å². The third kappa shape index (κ3) is 2.15. The summed E-state index contributed by atoms with van der Waals surface area (Å²) in [5.41, 5.74) is 3.55. The molecule has 0 spiro atoms. The summed E-state index contributed by atoms with van der Waals surface area (Å²) in [5, 5.41) is 6.14. The minimum atomic E-state index is -0.00896. The molecule has 1 aromatic rings. The Bertz CT molecular complexity index is 429. The van der Waals surface area contributed by atoms with Crippen LogP contribution in [0.3, 0.4) is 0 Å². The van der Waals surface area contributed by atoms with E-state index in [-0.39, 0.29) is 12.1 Å². The van der Waals surface area contributed by atoms with Gasteiger partial charge in [-0.2, -0.15) is 0 Å². The number of aryl methyl sites for hydroxylation is 2. The Morgan fingerprint density at radius 3 is 3.00 bits per heavy atom. The summed E-state index contributed by atoms with van der Waals surface area (Å²) >= 11 is 0. The molecule has 4 nitrogen and oxygen atoms in total. The maximum Gasteiger partial charge on any atom is 0.218 e. The molecule has 2 heterocycles. The van der Waals surface area contributed by atoms with Gasteiger partial charge in [0.15, 0.2) is 0 Å². The molecule has 1 aliphatic heterocycles. The highest BCUT2D eigenvalue weighted by Crippen LogP contribution is 2.25. The second kappa shape index (κ2) is 4.12. The number of amides is 1. The normalized spacial score (nSPS) is 18.6. The monoisotopic (exact) mass is 219 g/mol. The van der Waals surface area contributed by atoms with Crippen LogP contribution in [0.1, 0.15) is 30.2 Å². The Hall–Kier alpha value is -1.58. The molecule has 4 heteroatoms. The molecule has 0 aliphatic carbocycles. The molecule has 0 saturated heterocycles. The molecule has 1 unspecified atom stereocenters. The summed E-state index contributed by atoms with van der Waals surface area (Å²) in [6.07, 6.45) is 1.89. The van der Waals surface area contributed by atoms with Crippen molar-refractivity contribution in [3.63, 3.8) is 0 Å². The van der Waals surface area contributed by atoms with Gasteiger partial charge in [-0.3, -0.25) is 4.79 Å². The van der Waals surface area contributed by atoms with E-state index in [2.05, 4.69) is 28.6 Å². The number of pyridine rings is 1. The number of fused-ring (bicyclic) bond motifs is 1. The standard InChI is InChI=1S/C12H17N3O/c1-7-6-8(2)13-12-10(7)4-5-11(15-12)14-9(3)16/h6,11H,4-5H2,1-3H3,(H,13,15)(H,14,16). The molecule has 0 radical (unpaired) electrons. The van der Waals surface area contributed by atoms with Crippen molar-refractivity contribution in [1.82, 2.24) is 10.3 Å². The van der Waals surface area contributed by atoms with Crippen molar-refractivity contribution in [3.05, 3.63) is 22.9 Å². The molecule has 0 bridgehead atoms. The minimum Gasteiger partial charge on any atom is -0.350 e. The zero-order valence-corrected chi connectivity index (χ0v) is 9.92. The summed E-state index contributed by atoms with van der Waals surface area (Å²) in [7, 11) is 0. The van der Waals surface area contributed by atoms with Crippen molar-refractivity contribution in [2.24, 2.45) is 0 Å². The molecular weight excluding hydrogens is 202 g/mol. The summed E-state index contributed by atoms with van der Waals surface area (Å²) in [6.45, 7) is 5.62. The highest BCUT2D eigenvalue weighted by atomic mass is 16.1. The predicted octanol–water partition coefficient (Wildman–Crippen LogP) is 1.52. The first-order valence-corrected chi connectivity index (χ1v) is 5.57. The van der Waals surface area contributed by atoms with E-state index in [4.69, 9.17) is 0 Å². The van der Waals surface area contributed by atoms with Gasteiger partial charge in [-0.25, -0.2) is 4.98 Å². The zero-order valence-electron chi connectivity index (χ0n) is 9.92. The van der Waals surface area contributed by atoms with E-state index in [0.717, 1.165) is 24.4 Å². The second-order valence-electron chi connectivity index (χ2n) is 4.34. The molecule has 0 saturated carbocycles. The van der Waals surface area contributed by atoms with Crippen LogP contribution in [0, 0.1) is 13.8 Å². The van der Waals surface area contributed by atoms with Crippen LogP contribution < -0.4 is 10.6 Å². The van der Waals surface area contributed by atoms with Crippen LogP contribution in [0.25, 0.3) is 0 Å². The van der Waals surface area contributed by atoms with Gasteiger partial charge in [0, 0.05) is 12.6 Å². The van der Waals surface area contributed by atoms with Crippen LogP contribution in [0.2, 0.25) is 0 Å². The zero-order chi connectivity index (χ0) is 11.7. The van der Waals surface area contributed by atoms with Gasteiger partial charge in [-0.15, -0.1) is 0 Å². The van der Waals surface area contributed by atoms with Gasteiger partial charge >= 0.3 is 0 Å². The quantitative estimate of drug-likeness (QED) is 0.753. The fourth-order valence-corrected chi connectivity index (χ4v) is 2.18. The minimum absolute atomic E-state index is 0.00896. The number of carbonyl (C=O) groups excluding carboxylic acids is 1. The molecule has 86 valence electrons. The molecule has 1 aliphatic rings. The lowest BCUT2D eigenvalue weighted by Crippen LogP contribution is -2.42. The smallest absolute Gasteiger partial charge is 0.218 e. The fourth-order valence-electron chi connectivity index (χ4n) is 2.18. The number of nitrogens with zero attached hydrogens (tertiary/aromatic N) is 1. The van der Waals surface area contributed by atoms with Crippen LogP contribution in [0.4, 0.5) is 5.82 Å². The number of rotatable bonds is 1. The molecule has 1 atom stereocenters. The van der Waals surface area contributed by atoms with Crippen molar-refractivity contribution in [2.75, 3.05) is 5.32 Å². The molecular formula is C12H17N3O. The number of anilines is 1. The number of hydrogen-bond donors (Lipinski definition) is 2. The summed E-state index contributed by atoms with van der Waals surface area (Å²) in [4.78, 5) is 15.5. The largest absolute Gasteiger partial charge is 0.350 e. The van der Waals surface area contributed by atoms with Gasteiger partial charge in [-0.1, -0.05) is 0 Å². The molecule has 16 heavy (non-hydrogen) atoms. The number of hydrogen-bond acceptors (Lipinski definition) is 3. The first-order chi connectivity index (χ1) is 7.56. The van der Waals surface area contributed by atoms with Gasteiger partial charge < -0.3 is 10.6 Å². The Morgan fingerprint density at radius 2 is 2.31 bits per heavy atom. The van der Waals surface area contributed by atoms with Crippen LogP contribution in [-0.4, -0.2) is 17.1 Å². The molecule has 0 fully saturated rings. The molecule has 0 aromatic carbocycles. The maximum atomic E-state index is 11.0. The van der Waals surface area contributed by atoms with Gasteiger partial charge in [0.1, 0.15) is 12.0 Å². The topological polar surface area (TPSA) is 54.0 Å². The average Bonchev–Trinajstić information content (AvgIpc) is 2.15. The highest BCUT2D eigenvalue weighted by Gasteiger charge is 2.20. The van der Waals surface area contributed by atoms with E-state index in [9.17, 15) is 4.79 Å². The lowest BCUT2D eigenvalue weighted by atomic mass is 10.00. The third-order valence-electron chi connectivity index (χ3n) is 2.85. The van der Waals surface area contributed by atoms with Crippen molar-refractivity contribution >= 4 is 11.7 Å². The van der Waals surface area contributed by atoms with Crippen LogP contribution in [0.15, 0.2) is 6.07 Å². The van der Waals surface area contributed by atoms with Gasteiger partial charge in [0.05, 0.1) is 0 Å². The van der Waals surface area contributed by atoms with E-state index in [1.807, 2.05) is 6.92 Å². The predicted molar refractivity (Wildman–Crippen MR) is 63.3 cm³/mol. The van der Waals surface area contributed by atoms with Crippen molar-refractivity contribution in [1.29, 1.82) is 0 Å². The summed E-state index contributed by atoms with van der Waals surface area (Å²) < 4.78 is 0. The first kappa shape index (κ1) is 10.9. The van der Waals surface area contributed by atoms with E-state index in [0.29, 0.717) is 0 Å². The van der Waals surface area contributed by atoms with Crippen LogP contribution in [0.5, 0.6) is 0 Å². The summed E-state index contributed by atoms with van der Waals surface area (Å²) in [6, 6.07) is 2.10. The first-order valence-electron chi connectivity index (χ1n) is 5.57. The number of carbonyl (C=O) groups is 1. The van der Waals surface area contributed by atoms with Gasteiger partial charge in [0.2, 0.25) is 5.91 Å². The lowest BCUT2D eigenvalue weighted by Gasteiger charge is -2.27. The van der Waals surface area contributed by atoms with Gasteiger partial charge in [0.25, 0.3) is 0 Å². The van der Waals surface area contributed by atoms with Crippen LogP contribution in [-0.2, 0) is 11.2 Å². The SMILES string of the molecule is CC(=O)NC1CCc2c(C)cc(C)nc2N1. The second-order valence-corrected chi connectivity index (χ2v) is 4.34. The molecule has 1 aromatic heterocycles. The Kier molecular flexibility index (Phi) is 2.81. The summed E-state index contributed by atoms with van der Waals surface area (Å²) in [5.74, 6) is 0.910. The Labute approximate surface area is 95.5 Å². The number of nitrogens with one attached hydrogen (secondary N) is 2. The maximum absolute atomic E-state index is 11.0. The van der Waals surface area contributed by atoms with E-state index < -0.39 is 0 Å². The van der Waals surface area contributed by atoms with Gasteiger partial charge in [-0.05, 0) is 43.9 Å². The fraction of sp³-hybridized carbons (Fsp3) is 0.500. The average molecular weight is 219 g/mol. The van der Waals surface area contributed by atoms with Crippen LogP contribution >= 0.6 is 0 Å². The Balaban J connectivity index is 2.23. The molecule has 1 amide bonds. The van der Waals surface area contributed by atoms with Crippen molar-refractivity contribution in [3.8, 4) is 0 Å². The highest BCUT2D eigenvalue weighted by molar-refractivity contribution is 5.73. The van der Waals surface area contributed by atoms with Crippen molar-refractivity contribution in [2.45, 2.75) is 39.8 Å². The van der Waals surface area contributed by atoms with E-state index in [1.54, 1.807) is 0 Å². The molecule has 2 N–H and O–H groups in total. The van der Waals surface area contributed by atoms with E-state index in [1.165, 1.54) is 18.1 Å². The third-order valence-corrected chi connectivity index (χ3v) is 2.85. The Morgan fingerprint density at radius 1 is 1.56 bits per heavy atom. The number of aromatic nitrogens is 1. The lowest BCUT2D eigenvalue weighted by molar-refractivity contribution is -0.119. The molecule has 2 rings (SSSR count).